The standard InChI is InChI=1S/C16H18O2/c1-12-8-9-14(16(10-12)18-3)11-13-6-4-5-7-15(13)17-2/h4-10H,11H2,1-3H3. The molecule has 0 aliphatic carbocycles. The molecule has 0 fully saturated rings. The van der Waals surface area contributed by atoms with Gasteiger partial charge in [0.15, 0.2) is 0 Å². The summed E-state index contributed by atoms with van der Waals surface area (Å²) in [4.78, 5) is 0. The fraction of sp³-hybridized carbons (Fsp3) is 0.250. The number of methoxy groups -OCH3 is 2. The van der Waals surface area contributed by atoms with Gasteiger partial charge in [-0.15, -0.1) is 0 Å². The second kappa shape index (κ2) is 5.58. The molecule has 94 valence electrons. The zero-order valence-corrected chi connectivity index (χ0v) is 11.1. The second-order valence-electron chi connectivity index (χ2n) is 4.30. The van der Waals surface area contributed by atoms with Crippen LogP contribution in [0.1, 0.15) is 16.7 Å². The molecule has 2 heteroatoms. The summed E-state index contributed by atoms with van der Waals surface area (Å²) in [6, 6.07) is 14.3. The Hall–Kier alpha value is -1.96. The first kappa shape index (κ1) is 12.5. The number of ether oxygens (including phenoxy) is 2. The third kappa shape index (κ3) is 2.65. The molecule has 2 rings (SSSR count). The molecule has 0 unspecified atom stereocenters. The molecule has 0 aliphatic heterocycles. The predicted molar refractivity (Wildman–Crippen MR) is 73.5 cm³/mol. The van der Waals surface area contributed by atoms with Crippen molar-refractivity contribution in [2.24, 2.45) is 0 Å². The largest absolute Gasteiger partial charge is 0.496 e. The molecule has 2 aromatic carbocycles. The quantitative estimate of drug-likeness (QED) is 0.815. The molecule has 0 aliphatic rings. The van der Waals surface area contributed by atoms with Crippen molar-refractivity contribution in [2.75, 3.05) is 14.2 Å². The molecule has 0 amide bonds. The van der Waals surface area contributed by atoms with Gasteiger partial charge in [0.1, 0.15) is 11.5 Å². The summed E-state index contributed by atoms with van der Waals surface area (Å²) in [5.41, 5.74) is 3.55. The van der Waals surface area contributed by atoms with Gasteiger partial charge in [-0.05, 0) is 35.7 Å². The Bertz CT molecular complexity index is 532. The highest BCUT2D eigenvalue weighted by Crippen LogP contribution is 2.26. The molecule has 2 nitrogen and oxygen atoms in total. The maximum absolute atomic E-state index is 5.43. The highest BCUT2D eigenvalue weighted by Gasteiger charge is 2.07. The first-order valence-electron chi connectivity index (χ1n) is 6.00. The number of hydrogen-bond donors (Lipinski definition) is 0. The van der Waals surface area contributed by atoms with Crippen molar-refractivity contribution in [2.45, 2.75) is 13.3 Å². The number of benzene rings is 2. The second-order valence-corrected chi connectivity index (χ2v) is 4.30. The van der Waals surface area contributed by atoms with Crippen LogP contribution >= 0.6 is 0 Å². The van der Waals surface area contributed by atoms with Crippen LogP contribution in [0.4, 0.5) is 0 Å². The summed E-state index contributed by atoms with van der Waals surface area (Å²) in [6.07, 6.45) is 0.813. The van der Waals surface area contributed by atoms with Crippen LogP contribution in [0.15, 0.2) is 42.5 Å². The van der Waals surface area contributed by atoms with Crippen molar-refractivity contribution in [1.29, 1.82) is 0 Å². The van der Waals surface area contributed by atoms with Crippen LogP contribution in [0.5, 0.6) is 11.5 Å². The van der Waals surface area contributed by atoms with E-state index in [0.717, 1.165) is 17.9 Å². The van der Waals surface area contributed by atoms with Crippen molar-refractivity contribution in [3.05, 3.63) is 59.2 Å². The summed E-state index contributed by atoms with van der Waals surface area (Å²) >= 11 is 0. The average molecular weight is 242 g/mol. The lowest BCUT2D eigenvalue weighted by atomic mass is 10.0. The minimum atomic E-state index is 0.813. The first-order valence-corrected chi connectivity index (χ1v) is 6.00. The van der Waals surface area contributed by atoms with E-state index in [2.05, 4.69) is 31.2 Å². The Labute approximate surface area is 108 Å². The van der Waals surface area contributed by atoms with Crippen LogP contribution in [0.2, 0.25) is 0 Å². The van der Waals surface area contributed by atoms with Gasteiger partial charge in [0.2, 0.25) is 0 Å². The van der Waals surface area contributed by atoms with Crippen molar-refractivity contribution in [3.8, 4) is 11.5 Å². The summed E-state index contributed by atoms with van der Waals surface area (Å²) < 4.78 is 10.8. The van der Waals surface area contributed by atoms with Gasteiger partial charge in [0.05, 0.1) is 14.2 Å². The molecular formula is C16H18O2. The van der Waals surface area contributed by atoms with Gasteiger partial charge in [-0.1, -0.05) is 30.3 Å². The van der Waals surface area contributed by atoms with Crippen LogP contribution in [-0.4, -0.2) is 14.2 Å². The fourth-order valence-electron chi connectivity index (χ4n) is 2.05. The van der Waals surface area contributed by atoms with Gasteiger partial charge in [-0.3, -0.25) is 0 Å². The maximum Gasteiger partial charge on any atom is 0.122 e. The Morgan fingerprint density at radius 1 is 0.833 bits per heavy atom. The third-order valence-corrected chi connectivity index (χ3v) is 3.02. The highest BCUT2D eigenvalue weighted by molar-refractivity contribution is 5.43. The van der Waals surface area contributed by atoms with E-state index >= 15 is 0 Å². The monoisotopic (exact) mass is 242 g/mol. The molecule has 0 radical (unpaired) electrons. The van der Waals surface area contributed by atoms with Gasteiger partial charge in [-0.25, -0.2) is 0 Å². The van der Waals surface area contributed by atoms with Gasteiger partial charge < -0.3 is 9.47 Å². The smallest absolute Gasteiger partial charge is 0.122 e. The average Bonchev–Trinajstić information content (AvgIpc) is 2.41. The minimum Gasteiger partial charge on any atom is -0.496 e. The third-order valence-electron chi connectivity index (χ3n) is 3.02. The van der Waals surface area contributed by atoms with E-state index in [1.54, 1.807) is 14.2 Å². The minimum absolute atomic E-state index is 0.813. The Morgan fingerprint density at radius 2 is 1.50 bits per heavy atom. The molecule has 0 saturated carbocycles. The van der Waals surface area contributed by atoms with Crippen molar-refractivity contribution >= 4 is 0 Å². The van der Waals surface area contributed by atoms with Crippen LogP contribution in [-0.2, 0) is 6.42 Å². The van der Waals surface area contributed by atoms with E-state index in [1.807, 2.05) is 18.2 Å². The molecule has 0 saturated heterocycles. The topological polar surface area (TPSA) is 18.5 Å². The highest BCUT2D eigenvalue weighted by atomic mass is 16.5. The summed E-state index contributed by atoms with van der Waals surface area (Å²) in [7, 11) is 3.41. The molecule has 0 heterocycles. The summed E-state index contributed by atoms with van der Waals surface area (Å²) in [5, 5.41) is 0. The van der Waals surface area contributed by atoms with Crippen LogP contribution in [0.3, 0.4) is 0 Å². The molecule has 0 spiro atoms. The normalized spacial score (nSPS) is 10.2. The molecule has 0 bridgehead atoms. The Kier molecular flexibility index (Phi) is 3.88. The lowest BCUT2D eigenvalue weighted by Gasteiger charge is -2.12. The van der Waals surface area contributed by atoms with E-state index in [9.17, 15) is 0 Å². The molecule has 2 aromatic rings. The lowest BCUT2D eigenvalue weighted by molar-refractivity contribution is 0.405. The van der Waals surface area contributed by atoms with Gasteiger partial charge >= 0.3 is 0 Å². The van der Waals surface area contributed by atoms with E-state index in [0.29, 0.717) is 0 Å². The van der Waals surface area contributed by atoms with Gasteiger partial charge in [0.25, 0.3) is 0 Å². The van der Waals surface area contributed by atoms with E-state index in [-0.39, 0.29) is 0 Å². The van der Waals surface area contributed by atoms with Crippen LogP contribution < -0.4 is 9.47 Å². The van der Waals surface area contributed by atoms with E-state index in [1.165, 1.54) is 16.7 Å². The van der Waals surface area contributed by atoms with Gasteiger partial charge in [-0.2, -0.15) is 0 Å². The Balaban J connectivity index is 2.33. The molecular weight excluding hydrogens is 224 g/mol. The SMILES string of the molecule is COc1ccccc1Cc1ccc(C)cc1OC. The lowest BCUT2D eigenvalue weighted by Crippen LogP contribution is -1.97. The Morgan fingerprint density at radius 3 is 2.22 bits per heavy atom. The van der Waals surface area contributed by atoms with E-state index in [4.69, 9.17) is 9.47 Å². The van der Waals surface area contributed by atoms with Crippen LogP contribution in [0, 0.1) is 6.92 Å². The molecule has 0 atom stereocenters. The molecule has 18 heavy (non-hydrogen) atoms. The van der Waals surface area contributed by atoms with Crippen molar-refractivity contribution < 1.29 is 9.47 Å². The zero-order valence-electron chi connectivity index (χ0n) is 11.1. The van der Waals surface area contributed by atoms with Crippen LogP contribution in [0.25, 0.3) is 0 Å². The van der Waals surface area contributed by atoms with Crippen molar-refractivity contribution in [3.63, 3.8) is 0 Å². The number of rotatable bonds is 4. The summed E-state index contributed by atoms with van der Waals surface area (Å²) in [5.74, 6) is 1.85. The first-order chi connectivity index (χ1) is 8.74. The number of hydrogen-bond acceptors (Lipinski definition) is 2. The number of aryl methyl sites for hydroxylation is 1. The number of para-hydroxylation sites is 1. The molecule has 0 aromatic heterocycles. The van der Waals surface area contributed by atoms with Crippen molar-refractivity contribution in [1.82, 2.24) is 0 Å². The molecule has 0 N–H and O–H groups in total. The predicted octanol–water partition coefficient (Wildman–Crippen LogP) is 3.60. The van der Waals surface area contributed by atoms with Gasteiger partial charge in [0, 0.05) is 6.42 Å². The maximum atomic E-state index is 5.43. The van der Waals surface area contributed by atoms with E-state index < -0.39 is 0 Å². The fourth-order valence-corrected chi connectivity index (χ4v) is 2.05. The summed E-state index contributed by atoms with van der Waals surface area (Å²) in [6.45, 7) is 2.06. The zero-order chi connectivity index (χ0) is 13.0.